The first kappa shape index (κ1) is 15.3. The van der Waals surface area contributed by atoms with Crippen LogP contribution in [0.1, 0.15) is 56.1 Å². The Hall–Kier alpha value is -1.62. The highest BCUT2D eigenvalue weighted by molar-refractivity contribution is 7.17. The smallest absolute Gasteiger partial charge is 0.328 e. The fourth-order valence-corrected chi connectivity index (χ4v) is 4.44. The first-order chi connectivity index (χ1) is 10.3. The van der Waals surface area contributed by atoms with Crippen LogP contribution in [0.4, 0.5) is 0 Å². The SMILES string of the molecule is CC1CCc2c(sc3nc(C(C)(C)C)c(/C=C/C(=O)O)n23)C1. The van der Waals surface area contributed by atoms with Gasteiger partial charge in [0, 0.05) is 22.1 Å². The Balaban J connectivity index is 2.23. The van der Waals surface area contributed by atoms with Gasteiger partial charge in [0.1, 0.15) is 0 Å². The van der Waals surface area contributed by atoms with Crippen molar-refractivity contribution in [1.29, 1.82) is 0 Å². The van der Waals surface area contributed by atoms with Gasteiger partial charge < -0.3 is 5.11 Å². The molecule has 0 aromatic carbocycles. The second-order valence-electron chi connectivity index (χ2n) is 7.21. The zero-order chi connectivity index (χ0) is 16.1. The Morgan fingerprint density at radius 1 is 1.45 bits per heavy atom. The molecule has 0 amide bonds. The third-order valence-corrected chi connectivity index (χ3v) is 5.30. The number of hydrogen-bond acceptors (Lipinski definition) is 3. The second-order valence-corrected chi connectivity index (χ2v) is 8.27. The Morgan fingerprint density at radius 2 is 2.18 bits per heavy atom. The van der Waals surface area contributed by atoms with Crippen LogP contribution in [0.3, 0.4) is 0 Å². The average Bonchev–Trinajstić information content (AvgIpc) is 2.90. The minimum absolute atomic E-state index is 0.112. The number of rotatable bonds is 2. The van der Waals surface area contributed by atoms with E-state index in [4.69, 9.17) is 10.1 Å². The molecule has 0 aliphatic heterocycles. The molecule has 0 bridgehead atoms. The topological polar surface area (TPSA) is 54.6 Å². The lowest BCUT2D eigenvalue weighted by atomic mass is 9.90. The van der Waals surface area contributed by atoms with E-state index in [9.17, 15) is 4.79 Å². The van der Waals surface area contributed by atoms with Gasteiger partial charge in [-0.3, -0.25) is 4.40 Å². The van der Waals surface area contributed by atoms with Crippen molar-refractivity contribution >= 4 is 28.3 Å². The molecule has 0 fully saturated rings. The molecule has 0 saturated heterocycles. The summed E-state index contributed by atoms with van der Waals surface area (Å²) in [6.07, 6.45) is 6.26. The number of hydrogen-bond donors (Lipinski definition) is 1. The third-order valence-electron chi connectivity index (χ3n) is 4.19. The Bertz CT molecular complexity index is 762. The van der Waals surface area contributed by atoms with Crippen molar-refractivity contribution in [1.82, 2.24) is 9.38 Å². The van der Waals surface area contributed by atoms with Crippen LogP contribution < -0.4 is 0 Å². The lowest BCUT2D eigenvalue weighted by molar-refractivity contribution is -0.131. The molecule has 1 N–H and O–H groups in total. The number of fused-ring (bicyclic) bond motifs is 3. The maximum Gasteiger partial charge on any atom is 0.328 e. The predicted molar refractivity (Wildman–Crippen MR) is 89.6 cm³/mol. The summed E-state index contributed by atoms with van der Waals surface area (Å²) in [6.45, 7) is 8.64. The van der Waals surface area contributed by atoms with Crippen molar-refractivity contribution in [3.05, 3.63) is 28.0 Å². The number of nitrogens with zero attached hydrogens (tertiary/aromatic N) is 2. The Kier molecular flexibility index (Phi) is 3.63. The Morgan fingerprint density at radius 3 is 2.82 bits per heavy atom. The van der Waals surface area contributed by atoms with Crippen LogP contribution in [0.2, 0.25) is 0 Å². The van der Waals surface area contributed by atoms with Gasteiger partial charge in [0.15, 0.2) is 4.96 Å². The summed E-state index contributed by atoms with van der Waals surface area (Å²) in [4.78, 5) is 18.2. The molecule has 2 heterocycles. The predicted octanol–water partition coefficient (Wildman–Crippen LogP) is 3.92. The molecule has 1 atom stereocenters. The van der Waals surface area contributed by atoms with Gasteiger partial charge in [-0.2, -0.15) is 0 Å². The normalized spacial score (nSPS) is 19.0. The fourth-order valence-electron chi connectivity index (χ4n) is 3.10. The molecular formula is C17H22N2O2S. The van der Waals surface area contributed by atoms with E-state index in [-0.39, 0.29) is 5.41 Å². The quantitative estimate of drug-likeness (QED) is 0.854. The van der Waals surface area contributed by atoms with Crippen LogP contribution in [0.15, 0.2) is 6.08 Å². The minimum Gasteiger partial charge on any atom is -0.478 e. The van der Waals surface area contributed by atoms with Crippen LogP contribution in [0.5, 0.6) is 0 Å². The molecule has 4 nitrogen and oxygen atoms in total. The molecule has 0 saturated carbocycles. The highest BCUT2D eigenvalue weighted by Crippen LogP contribution is 2.37. The molecule has 3 rings (SSSR count). The zero-order valence-electron chi connectivity index (χ0n) is 13.5. The summed E-state index contributed by atoms with van der Waals surface area (Å²) in [5.41, 5.74) is 3.11. The number of aliphatic carboxylic acids is 1. The van der Waals surface area contributed by atoms with Crippen LogP contribution >= 0.6 is 11.3 Å². The van der Waals surface area contributed by atoms with E-state index in [1.165, 1.54) is 23.1 Å². The van der Waals surface area contributed by atoms with Crippen LogP contribution in [-0.2, 0) is 23.1 Å². The summed E-state index contributed by atoms with van der Waals surface area (Å²) < 4.78 is 2.19. The number of aryl methyl sites for hydroxylation is 1. The molecule has 5 heteroatoms. The second kappa shape index (κ2) is 5.23. The summed E-state index contributed by atoms with van der Waals surface area (Å²) >= 11 is 1.76. The van der Waals surface area contributed by atoms with E-state index in [1.807, 2.05) is 0 Å². The van der Waals surface area contributed by atoms with E-state index in [0.717, 1.165) is 35.1 Å². The number of thiazole rings is 1. The molecule has 22 heavy (non-hydrogen) atoms. The highest BCUT2D eigenvalue weighted by atomic mass is 32.1. The van der Waals surface area contributed by atoms with Crippen LogP contribution in [0.25, 0.3) is 11.0 Å². The molecule has 118 valence electrons. The highest BCUT2D eigenvalue weighted by Gasteiger charge is 2.28. The van der Waals surface area contributed by atoms with Gasteiger partial charge in [-0.1, -0.05) is 27.7 Å². The lowest BCUT2D eigenvalue weighted by Crippen LogP contribution is -2.15. The van der Waals surface area contributed by atoms with Crippen molar-refractivity contribution in [2.75, 3.05) is 0 Å². The van der Waals surface area contributed by atoms with Crippen molar-refractivity contribution in [2.24, 2.45) is 5.92 Å². The Labute approximate surface area is 134 Å². The number of imidazole rings is 1. The summed E-state index contributed by atoms with van der Waals surface area (Å²) in [5.74, 6) is -0.205. The maximum absolute atomic E-state index is 10.9. The van der Waals surface area contributed by atoms with Crippen LogP contribution in [-0.4, -0.2) is 20.5 Å². The number of carboxylic acids is 1. The first-order valence-corrected chi connectivity index (χ1v) is 8.53. The van der Waals surface area contributed by atoms with Gasteiger partial charge in [-0.15, -0.1) is 11.3 Å². The van der Waals surface area contributed by atoms with E-state index >= 15 is 0 Å². The van der Waals surface area contributed by atoms with Crippen molar-refractivity contribution in [3.8, 4) is 0 Å². The summed E-state index contributed by atoms with van der Waals surface area (Å²) in [5, 5.41) is 8.99. The average molecular weight is 318 g/mol. The van der Waals surface area contributed by atoms with Gasteiger partial charge >= 0.3 is 5.97 Å². The lowest BCUT2D eigenvalue weighted by Gasteiger charge is -2.20. The monoisotopic (exact) mass is 318 g/mol. The molecule has 2 aromatic rings. The number of carboxylic acid groups (broad SMARTS) is 1. The van der Waals surface area contributed by atoms with E-state index in [0.29, 0.717) is 0 Å². The fraction of sp³-hybridized carbons (Fsp3) is 0.529. The third kappa shape index (κ3) is 2.58. The van der Waals surface area contributed by atoms with E-state index < -0.39 is 5.97 Å². The zero-order valence-corrected chi connectivity index (χ0v) is 14.3. The molecule has 1 aliphatic rings. The molecule has 0 spiro atoms. The largest absolute Gasteiger partial charge is 0.478 e. The van der Waals surface area contributed by atoms with E-state index in [1.54, 1.807) is 17.4 Å². The van der Waals surface area contributed by atoms with Gasteiger partial charge in [-0.05, 0) is 31.3 Å². The molecule has 0 radical (unpaired) electrons. The standard InChI is InChI=1S/C17H22N2O2S/c1-10-5-6-11-13(9-10)22-16-18-15(17(2,3)4)12(19(11)16)7-8-14(20)21/h7-8,10H,5-6,9H2,1-4H3,(H,20,21)/b8-7+. The van der Waals surface area contributed by atoms with Crippen molar-refractivity contribution in [3.63, 3.8) is 0 Å². The van der Waals surface area contributed by atoms with Crippen molar-refractivity contribution < 1.29 is 9.90 Å². The molecule has 2 aromatic heterocycles. The molecule has 1 aliphatic carbocycles. The van der Waals surface area contributed by atoms with Crippen molar-refractivity contribution in [2.45, 2.75) is 52.4 Å². The number of carbonyl (C=O) groups is 1. The van der Waals surface area contributed by atoms with Gasteiger partial charge in [0.25, 0.3) is 0 Å². The van der Waals surface area contributed by atoms with E-state index in [2.05, 4.69) is 32.1 Å². The molecular weight excluding hydrogens is 296 g/mol. The van der Waals surface area contributed by atoms with Gasteiger partial charge in [-0.25, -0.2) is 9.78 Å². The van der Waals surface area contributed by atoms with Gasteiger partial charge in [0.2, 0.25) is 0 Å². The first-order valence-electron chi connectivity index (χ1n) is 7.72. The molecule has 1 unspecified atom stereocenters. The summed E-state index contributed by atoms with van der Waals surface area (Å²) in [7, 11) is 0. The number of aromatic nitrogens is 2. The van der Waals surface area contributed by atoms with Crippen LogP contribution in [0, 0.1) is 5.92 Å². The van der Waals surface area contributed by atoms with Gasteiger partial charge in [0.05, 0.1) is 11.4 Å². The summed E-state index contributed by atoms with van der Waals surface area (Å²) in [6, 6.07) is 0. The minimum atomic E-state index is -0.924. The maximum atomic E-state index is 10.9.